The number of nitrogens with zero attached hydrogens (tertiary/aromatic N) is 3. The Kier molecular flexibility index (Phi) is 5.57. The third-order valence-electron chi connectivity index (χ3n) is 2.28. The van der Waals surface area contributed by atoms with Crippen molar-refractivity contribution in [2.24, 2.45) is 0 Å². The molecule has 4 N–H and O–H groups in total. The number of nitrogen functional groups attached to an aromatic ring is 1. The predicted octanol–water partition coefficient (Wildman–Crippen LogP) is 0.814. The molecule has 102 valence electrons. The lowest BCUT2D eigenvalue weighted by molar-refractivity contribution is 0.222. The van der Waals surface area contributed by atoms with Gasteiger partial charge < -0.3 is 20.9 Å². The maximum absolute atomic E-state index is 8.93. The van der Waals surface area contributed by atoms with Crippen LogP contribution in [0.5, 0.6) is 6.01 Å². The highest BCUT2D eigenvalue weighted by molar-refractivity contribution is 5.33. The molecule has 0 amide bonds. The fourth-order valence-electron chi connectivity index (χ4n) is 1.42. The van der Waals surface area contributed by atoms with Gasteiger partial charge >= 0.3 is 6.01 Å². The Bertz CT molecular complexity index is 372. The maximum Gasteiger partial charge on any atom is 0.323 e. The van der Waals surface area contributed by atoms with Gasteiger partial charge in [-0.25, -0.2) is 0 Å². The molecular formula is C11H21N5O2. The molecular weight excluding hydrogens is 234 g/mol. The first-order valence-corrected chi connectivity index (χ1v) is 6.10. The molecule has 0 aliphatic carbocycles. The van der Waals surface area contributed by atoms with Crippen LogP contribution in [0, 0.1) is 0 Å². The number of aliphatic hydroxyl groups is 1. The molecule has 1 aromatic heterocycles. The molecule has 0 aromatic carbocycles. The molecule has 0 aliphatic heterocycles. The second kappa shape index (κ2) is 6.95. The average Bonchev–Trinajstić information content (AvgIpc) is 2.26. The molecule has 0 radical (unpaired) electrons. The molecule has 0 saturated heterocycles. The van der Waals surface area contributed by atoms with E-state index in [4.69, 9.17) is 15.6 Å². The van der Waals surface area contributed by atoms with Crippen LogP contribution in [0.25, 0.3) is 0 Å². The van der Waals surface area contributed by atoms with Crippen LogP contribution in [0.2, 0.25) is 0 Å². The molecule has 18 heavy (non-hydrogen) atoms. The van der Waals surface area contributed by atoms with Gasteiger partial charge in [0.1, 0.15) is 0 Å². The van der Waals surface area contributed by atoms with Gasteiger partial charge in [-0.3, -0.25) is 0 Å². The van der Waals surface area contributed by atoms with E-state index in [9.17, 15) is 0 Å². The lowest BCUT2D eigenvalue weighted by Crippen LogP contribution is -2.22. The van der Waals surface area contributed by atoms with Crippen molar-refractivity contribution in [1.29, 1.82) is 0 Å². The van der Waals surface area contributed by atoms with Crippen LogP contribution >= 0.6 is 0 Å². The van der Waals surface area contributed by atoms with Gasteiger partial charge in [-0.05, 0) is 26.7 Å². The van der Waals surface area contributed by atoms with Crippen LogP contribution in [0.1, 0.15) is 33.6 Å². The maximum atomic E-state index is 8.93. The Morgan fingerprint density at radius 3 is 2.61 bits per heavy atom. The van der Waals surface area contributed by atoms with Crippen molar-refractivity contribution in [3.05, 3.63) is 0 Å². The number of rotatable bonds is 7. The number of nitrogens with two attached hydrogens (primary N) is 1. The highest BCUT2D eigenvalue weighted by Crippen LogP contribution is 2.13. The Morgan fingerprint density at radius 2 is 2.06 bits per heavy atom. The molecule has 0 aliphatic rings. The van der Waals surface area contributed by atoms with Crippen molar-refractivity contribution in [3.63, 3.8) is 0 Å². The van der Waals surface area contributed by atoms with Crippen LogP contribution < -0.4 is 15.8 Å². The van der Waals surface area contributed by atoms with Crippen molar-refractivity contribution in [2.75, 3.05) is 17.7 Å². The van der Waals surface area contributed by atoms with Crippen molar-refractivity contribution in [2.45, 2.75) is 45.8 Å². The molecule has 1 atom stereocenters. The van der Waals surface area contributed by atoms with Crippen molar-refractivity contribution in [3.8, 4) is 6.01 Å². The summed E-state index contributed by atoms with van der Waals surface area (Å²) in [6, 6.07) is 0.308. The highest BCUT2D eigenvalue weighted by atomic mass is 16.5. The van der Waals surface area contributed by atoms with Crippen LogP contribution in [0.4, 0.5) is 11.9 Å². The van der Waals surface area contributed by atoms with Crippen LogP contribution in [0.15, 0.2) is 0 Å². The summed E-state index contributed by atoms with van der Waals surface area (Å²) >= 11 is 0. The number of nitrogens with one attached hydrogen (secondary N) is 1. The molecule has 1 aromatic rings. The van der Waals surface area contributed by atoms with Gasteiger partial charge in [0.05, 0.1) is 6.10 Å². The van der Waals surface area contributed by atoms with Crippen LogP contribution in [-0.4, -0.2) is 38.8 Å². The Hall–Kier alpha value is -1.63. The summed E-state index contributed by atoms with van der Waals surface area (Å²) < 4.78 is 5.38. The Labute approximate surface area is 107 Å². The van der Waals surface area contributed by atoms with E-state index in [1.165, 1.54) is 0 Å². The normalized spacial score (nSPS) is 12.5. The molecule has 0 spiro atoms. The monoisotopic (exact) mass is 255 g/mol. The number of aromatic nitrogens is 3. The van der Waals surface area contributed by atoms with E-state index in [1.807, 2.05) is 20.8 Å². The molecule has 1 unspecified atom stereocenters. The molecule has 1 heterocycles. The van der Waals surface area contributed by atoms with Crippen LogP contribution in [-0.2, 0) is 0 Å². The van der Waals surface area contributed by atoms with Crippen molar-refractivity contribution >= 4 is 11.9 Å². The first-order valence-electron chi connectivity index (χ1n) is 6.10. The quantitative estimate of drug-likeness (QED) is 0.662. The fourth-order valence-corrected chi connectivity index (χ4v) is 1.42. The van der Waals surface area contributed by atoms with Gasteiger partial charge in [0.2, 0.25) is 11.9 Å². The van der Waals surface area contributed by atoms with E-state index in [2.05, 4.69) is 20.3 Å². The second-order valence-corrected chi connectivity index (χ2v) is 4.23. The first kappa shape index (κ1) is 14.4. The number of aliphatic hydroxyl groups excluding tert-OH is 1. The van der Waals surface area contributed by atoms with Gasteiger partial charge in [0, 0.05) is 12.6 Å². The van der Waals surface area contributed by atoms with Gasteiger partial charge in [-0.15, -0.1) is 0 Å². The minimum Gasteiger partial charge on any atom is -0.461 e. The van der Waals surface area contributed by atoms with E-state index in [0.717, 1.165) is 6.42 Å². The summed E-state index contributed by atoms with van der Waals surface area (Å²) in [5.41, 5.74) is 5.59. The van der Waals surface area contributed by atoms with Crippen LogP contribution in [0.3, 0.4) is 0 Å². The van der Waals surface area contributed by atoms with Gasteiger partial charge in [0.15, 0.2) is 0 Å². The highest BCUT2D eigenvalue weighted by Gasteiger charge is 2.11. The zero-order valence-electron chi connectivity index (χ0n) is 11.1. The van der Waals surface area contributed by atoms with Gasteiger partial charge in [0.25, 0.3) is 0 Å². The smallest absolute Gasteiger partial charge is 0.323 e. The zero-order chi connectivity index (χ0) is 13.5. The third kappa shape index (κ3) is 4.70. The average molecular weight is 255 g/mol. The molecule has 1 rings (SSSR count). The zero-order valence-corrected chi connectivity index (χ0v) is 11.1. The van der Waals surface area contributed by atoms with Crippen molar-refractivity contribution in [1.82, 2.24) is 15.0 Å². The minimum absolute atomic E-state index is 0.0286. The summed E-state index contributed by atoms with van der Waals surface area (Å²) in [7, 11) is 0. The minimum atomic E-state index is -0.0286. The summed E-state index contributed by atoms with van der Waals surface area (Å²) in [4.78, 5) is 12.0. The topological polar surface area (TPSA) is 106 Å². The predicted molar refractivity (Wildman–Crippen MR) is 69.4 cm³/mol. The first-order chi connectivity index (χ1) is 8.55. The molecule has 7 nitrogen and oxygen atoms in total. The fraction of sp³-hybridized carbons (Fsp3) is 0.727. The van der Waals surface area contributed by atoms with E-state index in [0.29, 0.717) is 12.4 Å². The SMILES string of the molecule is CCC(CCO)Nc1nc(N)nc(OC(C)C)n1. The largest absolute Gasteiger partial charge is 0.461 e. The Balaban J connectivity index is 2.78. The molecule has 0 fully saturated rings. The van der Waals surface area contributed by atoms with Gasteiger partial charge in [-0.2, -0.15) is 15.0 Å². The number of ether oxygens (including phenoxy) is 1. The van der Waals surface area contributed by atoms with Crippen molar-refractivity contribution < 1.29 is 9.84 Å². The molecule has 0 bridgehead atoms. The van der Waals surface area contributed by atoms with Gasteiger partial charge in [-0.1, -0.05) is 6.92 Å². The summed E-state index contributed by atoms with van der Waals surface area (Å²) in [6.45, 7) is 5.90. The van der Waals surface area contributed by atoms with E-state index < -0.39 is 0 Å². The van der Waals surface area contributed by atoms with E-state index >= 15 is 0 Å². The Morgan fingerprint density at radius 1 is 1.33 bits per heavy atom. The standard InChI is InChI=1S/C11H21N5O2/c1-4-8(5-6-17)13-10-14-9(12)15-11(16-10)18-7(2)3/h7-8,17H,4-6H2,1-3H3,(H3,12,13,14,15,16). The summed E-state index contributed by atoms with van der Waals surface area (Å²) in [5, 5.41) is 12.0. The second-order valence-electron chi connectivity index (χ2n) is 4.23. The summed E-state index contributed by atoms with van der Waals surface area (Å²) in [5.74, 6) is 0.487. The molecule has 0 saturated carbocycles. The lowest BCUT2D eigenvalue weighted by atomic mass is 10.2. The summed E-state index contributed by atoms with van der Waals surface area (Å²) in [6.07, 6.45) is 1.45. The lowest BCUT2D eigenvalue weighted by Gasteiger charge is -2.16. The number of hydrogen-bond acceptors (Lipinski definition) is 7. The molecule has 7 heteroatoms. The third-order valence-corrected chi connectivity index (χ3v) is 2.28. The van der Waals surface area contributed by atoms with E-state index in [-0.39, 0.29) is 30.7 Å². The van der Waals surface area contributed by atoms with E-state index in [1.54, 1.807) is 0 Å². The number of hydrogen-bond donors (Lipinski definition) is 3. The number of anilines is 2.